The molecule has 0 aliphatic carbocycles. The lowest BCUT2D eigenvalue weighted by Crippen LogP contribution is -2.46. The minimum absolute atomic E-state index is 0.154. The van der Waals surface area contributed by atoms with Crippen LogP contribution in [0.3, 0.4) is 0 Å². The van der Waals surface area contributed by atoms with E-state index in [4.69, 9.17) is 0 Å². The molecule has 6 nitrogen and oxygen atoms in total. The summed E-state index contributed by atoms with van der Waals surface area (Å²) in [5, 5.41) is 7.14. The number of hydrogen-bond acceptors (Lipinski definition) is 4. The molecule has 1 N–H and O–H groups in total. The standard InChI is InChI=1S/C12H21N5O/c1-13-6-5-11-4-2-3-7-17(11)12(18)8-16-10-14-9-15-16/h9-11,13H,2-8H2,1H3. The van der Waals surface area contributed by atoms with Gasteiger partial charge in [0.15, 0.2) is 0 Å². The predicted octanol–water partition coefficient (Wildman–Crippen LogP) is 0.269. The third-order valence-electron chi connectivity index (χ3n) is 3.44. The lowest BCUT2D eigenvalue weighted by molar-refractivity contribution is -0.135. The van der Waals surface area contributed by atoms with E-state index in [0.717, 1.165) is 32.4 Å². The number of hydrogen-bond donors (Lipinski definition) is 1. The summed E-state index contributed by atoms with van der Waals surface area (Å²) in [7, 11) is 1.95. The topological polar surface area (TPSA) is 63.1 Å². The fraction of sp³-hybridized carbons (Fsp3) is 0.750. The highest BCUT2D eigenvalue weighted by Gasteiger charge is 2.26. The van der Waals surface area contributed by atoms with Crippen LogP contribution in [-0.4, -0.2) is 51.8 Å². The summed E-state index contributed by atoms with van der Waals surface area (Å²) in [5.74, 6) is 0.154. The molecule has 0 bridgehead atoms. The Balaban J connectivity index is 1.92. The van der Waals surface area contributed by atoms with E-state index in [1.54, 1.807) is 11.0 Å². The quantitative estimate of drug-likeness (QED) is 0.816. The van der Waals surface area contributed by atoms with Crippen molar-refractivity contribution in [3.8, 4) is 0 Å². The molecule has 18 heavy (non-hydrogen) atoms. The van der Waals surface area contributed by atoms with Gasteiger partial charge in [-0.2, -0.15) is 5.10 Å². The molecule has 1 atom stereocenters. The van der Waals surface area contributed by atoms with Gasteiger partial charge in [0, 0.05) is 12.6 Å². The zero-order valence-electron chi connectivity index (χ0n) is 10.9. The Bertz CT molecular complexity index is 365. The number of rotatable bonds is 5. The number of nitrogens with one attached hydrogen (secondary N) is 1. The Morgan fingerprint density at radius 2 is 2.39 bits per heavy atom. The van der Waals surface area contributed by atoms with Crippen molar-refractivity contribution in [2.45, 2.75) is 38.3 Å². The molecule has 1 amide bonds. The van der Waals surface area contributed by atoms with Crippen LogP contribution < -0.4 is 5.32 Å². The molecule has 6 heteroatoms. The van der Waals surface area contributed by atoms with E-state index < -0.39 is 0 Å². The van der Waals surface area contributed by atoms with E-state index >= 15 is 0 Å². The van der Waals surface area contributed by atoms with Crippen LogP contribution in [0.2, 0.25) is 0 Å². The number of piperidine rings is 1. The highest BCUT2D eigenvalue weighted by molar-refractivity contribution is 5.76. The van der Waals surface area contributed by atoms with Gasteiger partial charge in [-0.15, -0.1) is 0 Å². The number of aromatic nitrogens is 3. The van der Waals surface area contributed by atoms with Gasteiger partial charge in [-0.1, -0.05) is 0 Å². The van der Waals surface area contributed by atoms with Crippen molar-refractivity contribution in [2.75, 3.05) is 20.1 Å². The smallest absolute Gasteiger partial charge is 0.244 e. The van der Waals surface area contributed by atoms with Crippen molar-refractivity contribution in [3.05, 3.63) is 12.7 Å². The molecule has 1 fully saturated rings. The summed E-state index contributed by atoms with van der Waals surface area (Å²) in [6.07, 6.45) is 7.53. The molecule has 2 rings (SSSR count). The lowest BCUT2D eigenvalue weighted by Gasteiger charge is -2.36. The van der Waals surface area contributed by atoms with E-state index in [9.17, 15) is 4.79 Å². The van der Waals surface area contributed by atoms with Gasteiger partial charge in [0.1, 0.15) is 19.2 Å². The van der Waals surface area contributed by atoms with Crippen LogP contribution in [0.25, 0.3) is 0 Å². The van der Waals surface area contributed by atoms with Crippen molar-refractivity contribution < 1.29 is 4.79 Å². The number of amides is 1. The summed E-state index contributed by atoms with van der Waals surface area (Å²) in [6, 6.07) is 0.377. The Kier molecular flexibility index (Phi) is 4.69. The molecule has 0 saturated carbocycles. The minimum Gasteiger partial charge on any atom is -0.338 e. The number of nitrogens with zero attached hydrogens (tertiary/aromatic N) is 4. The fourth-order valence-corrected chi connectivity index (χ4v) is 2.48. The Labute approximate surface area is 107 Å². The Morgan fingerprint density at radius 1 is 1.50 bits per heavy atom. The van der Waals surface area contributed by atoms with E-state index in [2.05, 4.69) is 15.4 Å². The summed E-state index contributed by atoms with van der Waals surface area (Å²) >= 11 is 0. The Morgan fingerprint density at radius 3 is 3.11 bits per heavy atom. The van der Waals surface area contributed by atoms with Crippen molar-refractivity contribution in [1.29, 1.82) is 0 Å². The normalized spacial score (nSPS) is 20.1. The summed E-state index contributed by atoms with van der Waals surface area (Å²) in [6.45, 7) is 2.13. The second-order valence-electron chi connectivity index (χ2n) is 4.72. The summed E-state index contributed by atoms with van der Waals surface area (Å²) in [4.78, 5) is 18.1. The van der Waals surface area contributed by atoms with Crippen LogP contribution >= 0.6 is 0 Å². The average molecular weight is 251 g/mol. The van der Waals surface area contributed by atoms with Crippen molar-refractivity contribution in [1.82, 2.24) is 25.0 Å². The molecule has 2 heterocycles. The van der Waals surface area contributed by atoms with Gasteiger partial charge >= 0.3 is 0 Å². The molecule has 1 aliphatic rings. The third-order valence-corrected chi connectivity index (χ3v) is 3.44. The molecule has 1 aliphatic heterocycles. The zero-order valence-corrected chi connectivity index (χ0v) is 10.9. The molecular weight excluding hydrogens is 230 g/mol. The van der Waals surface area contributed by atoms with Crippen LogP contribution in [0.4, 0.5) is 0 Å². The van der Waals surface area contributed by atoms with Crippen molar-refractivity contribution in [2.24, 2.45) is 0 Å². The Hall–Kier alpha value is -1.43. The first kappa shape index (κ1) is 13.0. The van der Waals surface area contributed by atoms with Crippen molar-refractivity contribution in [3.63, 3.8) is 0 Å². The summed E-state index contributed by atoms with van der Waals surface area (Å²) < 4.78 is 1.59. The SMILES string of the molecule is CNCCC1CCCCN1C(=O)Cn1cncn1. The second-order valence-corrected chi connectivity index (χ2v) is 4.72. The molecule has 1 aromatic rings. The van der Waals surface area contributed by atoms with Crippen LogP contribution in [0, 0.1) is 0 Å². The highest BCUT2D eigenvalue weighted by atomic mass is 16.2. The number of carbonyl (C=O) groups excluding carboxylic acids is 1. The van der Waals surface area contributed by atoms with Crippen LogP contribution in [-0.2, 0) is 11.3 Å². The highest BCUT2D eigenvalue weighted by Crippen LogP contribution is 2.19. The third kappa shape index (κ3) is 3.29. The molecule has 1 unspecified atom stereocenters. The van der Waals surface area contributed by atoms with Crippen LogP contribution in [0.1, 0.15) is 25.7 Å². The van der Waals surface area contributed by atoms with Gasteiger partial charge in [-0.25, -0.2) is 9.67 Å². The first-order chi connectivity index (χ1) is 8.81. The summed E-state index contributed by atoms with van der Waals surface area (Å²) in [5.41, 5.74) is 0. The van der Waals surface area contributed by atoms with Gasteiger partial charge in [0.05, 0.1) is 0 Å². The van der Waals surface area contributed by atoms with E-state index in [1.807, 2.05) is 11.9 Å². The maximum Gasteiger partial charge on any atom is 0.244 e. The van der Waals surface area contributed by atoms with Gasteiger partial charge in [-0.3, -0.25) is 4.79 Å². The van der Waals surface area contributed by atoms with Crippen molar-refractivity contribution >= 4 is 5.91 Å². The van der Waals surface area contributed by atoms with Crippen LogP contribution in [0.5, 0.6) is 0 Å². The van der Waals surface area contributed by atoms with Crippen LogP contribution in [0.15, 0.2) is 12.7 Å². The molecule has 0 aromatic carbocycles. The average Bonchev–Trinajstić information content (AvgIpc) is 2.89. The predicted molar refractivity (Wildman–Crippen MR) is 67.9 cm³/mol. The molecule has 1 aromatic heterocycles. The first-order valence-electron chi connectivity index (χ1n) is 6.57. The fourth-order valence-electron chi connectivity index (χ4n) is 2.48. The van der Waals surface area contributed by atoms with E-state index in [-0.39, 0.29) is 5.91 Å². The minimum atomic E-state index is 0.154. The van der Waals surface area contributed by atoms with E-state index in [0.29, 0.717) is 12.6 Å². The van der Waals surface area contributed by atoms with Gasteiger partial charge in [0.2, 0.25) is 5.91 Å². The molecule has 0 spiro atoms. The monoisotopic (exact) mass is 251 g/mol. The maximum atomic E-state index is 12.3. The first-order valence-corrected chi connectivity index (χ1v) is 6.57. The van der Waals surface area contributed by atoms with E-state index in [1.165, 1.54) is 12.7 Å². The van der Waals surface area contributed by atoms with Gasteiger partial charge in [0.25, 0.3) is 0 Å². The lowest BCUT2D eigenvalue weighted by atomic mass is 9.99. The van der Waals surface area contributed by atoms with Gasteiger partial charge in [-0.05, 0) is 39.3 Å². The molecule has 100 valence electrons. The van der Waals surface area contributed by atoms with Gasteiger partial charge < -0.3 is 10.2 Å². The zero-order chi connectivity index (χ0) is 12.8. The largest absolute Gasteiger partial charge is 0.338 e. The number of likely N-dealkylation sites (tertiary alicyclic amines) is 1. The number of carbonyl (C=O) groups is 1. The molecule has 1 saturated heterocycles. The maximum absolute atomic E-state index is 12.3. The second kappa shape index (κ2) is 6.49. The molecule has 0 radical (unpaired) electrons. The molecular formula is C12H21N5O.